The zero-order chi connectivity index (χ0) is 11.8. The number of nitrogens with one attached hydrogen (secondary N) is 1. The summed E-state index contributed by atoms with van der Waals surface area (Å²) in [6.45, 7) is 2.81. The van der Waals surface area contributed by atoms with Crippen LogP contribution in [0.1, 0.15) is 17.7 Å². The van der Waals surface area contributed by atoms with Gasteiger partial charge in [0.1, 0.15) is 11.8 Å². The van der Waals surface area contributed by atoms with Crippen LogP contribution in [-0.2, 0) is 6.54 Å². The van der Waals surface area contributed by atoms with Crippen LogP contribution in [0.25, 0.3) is 0 Å². The second-order valence-corrected chi connectivity index (χ2v) is 3.82. The molecule has 0 atom stereocenters. The molecule has 1 heterocycles. The summed E-state index contributed by atoms with van der Waals surface area (Å²) in [6.07, 6.45) is 2.76. The lowest BCUT2D eigenvalue weighted by atomic mass is 10.2. The van der Waals surface area contributed by atoms with Gasteiger partial charge in [-0.05, 0) is 39.7 Å². The lowest BCUT2D eigenvalue weighted by Gasteiger charge is -2.16. The molecule has 0 aliphatic rings. The smallest absolute Gasteiger partial charge is 0.144 e. The van der Waals surface area contributed by atoms with Crippen LogP contribution in [0.3, 0.4) is 0 Å². The van der Waals surface area contributed by atoms with E-state index in [0.29, 0.717) is 5.69 Å². The van der Waals surface area contributed by atoms with Crippen molar-refractivity contribution >= 4 is 0 Å². The molecule has 1 aromatic rings. The van der Waals surface area contributed by atoms with Crippen molar-refractivity contribution in [3.63, 3.8) is 0 Å². The summed E-state index contributed by atoms with van der Waals surface area (Å²) in [5.41, 5.74) is 1.53. The first kappa shape index (κ1) is 12.6. The Morgan fingerprint density at radius 1 is 1.56 bits per heavy atom. The molecule has 4 nitrogen and oxygen atoms in total. The third kappa shape index (κ3) is 3.97. The van der Waals surface area contributed by atoms with Crippen molar-refractivity contribution in [2.24, 2.45) is 0 Å². The van der Waals surface area contributed by atoms with E-state index in [9.17, 15) is 0 Å². The highest BCUT2D eigenvalue weighted by Gasteiger charge is 2.05. The first-order chi connectivity index (χ1) is 7.77. The summed E-state index contributed by atoms with van der Waals surface area (Å²) in [7, 11) is 4.01. The SMILES string of the molecule is CNCCCN(C)Cc1cccnc1C#N. The average molecular weight is 218 g/mol. The predicted octanol–water partition coefficient (Wildman–Crippen LogP) is 0.995. The van der Waals surface area contributed by atoms with E-state index in [1.807, 2.05) is 19.2 Å². The fraction of sp³-hybridized carbons (Fsp3) is 0.500. The summed E-state index contributed by atoms with van der Waals surface area (Å²) < 4.78 is 0. The molecule has 16 heavy (non-hydrogen) atoms. The van der Waals surface area contributed by atoms with Crippen molar-refractivity contribution in [3.05, 3.63) is 29.6 Å². The van der Waals surface area contributed by atoms with Crippen LogP contribution in [0.4, 0.5) is 0 Å². The number of aromatic nitrogens is 1. The Labute approximate surface area is 96.9 Å². The van der Waals surface area contributed by atoms with E-state index in [-0.39, 0.29) is 0 Å². The Kier molecular flexibility index (Phi) is 5.48. The number of hydrogen-bond donors (Lipinski definition) is 1. The van der Waals surface area contributed by atoms with Crippen LogP contribution in [0.2, 0.25) is 0 Å². The molecular formula is C12H18N4. The van der Waals surface area contributed by atoms with Crippen LogP contribution < -0.4 is 5.32 Å². The molecular weight excluding hydrogens is 200 g/mol. The third-order valence-corrected chi connectivity index (χ3v) is 2.40. The maximum atomic E-state index is 8.90. The van der Waals surface area contributed by atoms with Gasteiger partial charge in [-0.25, -0.2) is 4.98 Å². The van der Waals surface area contributed by atoms with Crippen LogP contribution >= 0.6 is 0 Å². The van der Waals surface area contributed by atoms with Crippen molar-refractivity contribution in [2.75, 3.05) is 27.2 Å². The van der Waals surface area contributed by atoms with Crippen LogP contribution in [0, 0.1) is 11.3 Å². The highest BCUT2D eigenvalue weighted by atomic mass is 15.1. The third-order valence-electron chi connectivity index (χ3n) is 2.40. The summed E-state index contributed by atoms with van der Waals surface area (Å²) in [4.78, 5) is 6.25. The molecule has 0 amide bonds. The van der Waals surface area contributed by atoms with E-state index in [0.717, 1.165) is 31.6 Å². The zero-order valence-corrected chi connectivity index (χ0v) is 9.90. The minimum Gasteiger partial charge on any atom is -0.320 e. The van der Waals surface area contributed by atoms with Gasteiger partial charge in [-0.3, -0.25) is 0 Å². The molecule has 1 aromatic heterocycles. The van der Waals surface area contributed by atoms with Crippen LogP contribution in [0.5, 0.6) is 0 Å². The first-order valence-corrected chi connectivity index (χ1v) is 5.45. The van der Waals surface area contributed by atoms with Gasteiger partial charge in [0, 0.05) is 18.3 Å². The second-order valence-electron chi connectivity index (χ2n) is 3.82. The molecule has 0 bridgehead atoms. The summed E-state index contributed by atoms with van der Waals surface area (Å²) in [5, 5.41) is 12.0. The number of nitriles is 1. The number of pyridine rings is 1. The molecule has 0 fully saturated rings. The van der Waals surface area contributed by atoms with Crippen LogP contribution in [0.15, 0.2) is 18.3 Å². The average Bonchev–Trinajstić information content (AvgIpc) is 2.30. The molecule has 1 rings (SSSR count). The van der Waals surface area contributed by atoms with Gasteiger partial charge in [0.15, 0.2) is 0 Å². The van der Waals surface area contributed by atoms with E-state index in [4.69, 9.17) is 5.26 Å². The Morgan fingerprint density at radius 3 is 3.06 bits per heavy atom. The standard InChI is InChI=1S/C12H18N4/c1-14-6-4-8-16(2)10-11-5-3-7-15-12(11)9-13/h3,5,7,14H,4,6,8,10H2,1-2H3. The Balaban J connectivity index is 2.49. The molecule has 0 aliphatic heterocycles. The largest absolute Gasteiger partial charge is 0.320 e. The van der Waals surface area contributed by atoms with Gasteiger partial charge in [0.2, 0.25) is 0 Å². The summed E-state index contributed by atoms with van der Waals surface area (Å²) in [5.74, 6) is 0. The van der Waals surface area contributed by atoms with Crippen molar-refractivity contribution < 1.29 is 0 Å². The molecule has 1 N–H and O–H groups in total. The van der Waals surface area contributed by atoms with E-state index >= 15 is 0 Å². The van der Waals surface area contributed by atoms with Gasteiger partial charge >= 0.3 is 0 Å². The summed E-state index contributed by atoms with van der Waals surface area (Å²) >= 11 is 0. The van der Waals surface area contributed by atoms with Gasteiger partial charge in [0.25, 0.3) is 0 Å². The first-order valence-electron chi connectivity index (χ1n) is 5.45. The second kappa shape index (κ2) is 6.94. The fourth-order valence-corrected chi connectivity index (χ4v) is 1.56. The van der Waals surface area contributed by atoms with Gasteiger partial charge in [-0.1, -0.05) is 6.07 Å². The quantitative estimate of drug-likeness (QED) is 0.724. The number of rotatable bonds is 6. The molecule has 0 saturated carbocycles. The van der Waals surface area contributed by atoms with Crippen molar-refractivity contribution in [3.8, 4) is 6.07 Å². The number of nitrogens with zero attached hydrogens (tertiary/aromatic N) is 3. The van der Waals surface area contributed by atoms with Gasteiger partial charge in [-0.2, -0.15) is 5.26 Å². The maximum Gasteiger partial charge on any atom is 0.144 e. The van der Waals surface area contributed by atoms with Gasteiger partial charge < -0.3 is 10.2 Å². The zero-order valence-electron chi connectivity index (χ0n) is 9.90. The van der Waals surface area contributed by atoms with Crippen molar-refractivity contribution in [1.29, 1.82) is 5.26 Å². The molecule has 4 heteroatoms. The van der Waals surface area contributed by atoms with Crippen LogP contribution in [-0.4, -0.2) is 37.1 Å². The normalized spacial score (nSPS) is 10.4. The fourth-order valence-electron chi connectivity index (χ4n) is 1.56. The minimum absolute atomic E-state index is 0.531. The van der Waals surface area contributed by atoms with E-state index < -0.39 is 0 Å². The lowest BCUT2D eigenvalue weighted by molar-refractivity contribution is 0.320. The molecule has 86 valence electrons. The maximum absolute atomic E-state index is 8.90. The van der Waals surface area contributed by atoms with Gasteiger partial charge in [-0.15, -0.1) is 0 Å². The predicted molar refractivity (Wildman–Crippen MR) is 63.8 cm³/mol. The minimum atomic E-state index is 0.531. The molecule has 0 aromatic carbocycles. The van der Waals surface area contributed by atoms with Crippen molar-refractivity contribution in [1.82, 2.24) is 15.2 Å². The van der Waals surface area contributed by atoms with E-state index in [2.05, 4.69) is 28.3 Å². The Hall–Kier alpha value is -1.44. The molecule has 0 spiro atoms. The molecule has 0 radical (unpaired) electrons. The lowest BCUT2D eigenvalue weighted by Crippen LogP contribution is -2.23. The summed E-state index contributed by atoms with van der Waals surface area (Å²) in [6, 6.07) is 5.95. The van der Waals surface area contributed by atoms with E-state index in [1.54, 1.807) is 6.20 Å². The van der Waals surface area contributed by atoms with Crippen molar-refractivity contribution in [2.45, 2.75) is 13.0 Å². The Morgan fingerprint density at radius 2 is 2.38 bits per heavy atom. The molecule has 0 unspecified atom stereocenters. The monoisotopic (exact) mass is 218 g/mol. The molecule has 0 saturated heterocycles. The highest BCUT2D eigenvalue weighted by molar-refractivity contribution is 5.30. The van der Waals surface area contributed by atoms with Gasteiger partial charge in [0.05, 0.1) is 0 Å². The molecule has 0 aliphatic carbocycles. The highest BCUT2D eigenvalue weighted by Crippen LogP contribution is 2.06. The number of hydrogen-bond acceptors (Lipinski definition) is 4. The topological polar surface area (TPSA) is 52.0 Å². The Bertz CT molecular complexity index is 356. The van der Waals surface area contributed by atoms with E-state index in [1.165, 1.54) is 0 Å².